The van der Waals surface area contributed by atoms with Gasteiger partial charge in [0.05, 0.1) is 44.2 Å². The molecule has 180 valence electrons. The van der Waals surface area contributed by atoms with E-state index in [0.29, 0.717) is 47.7 Å². The molecule has 1 aliphatic rings. The largest absolute Gasteiger partial charge is 0.496 e. The molecule has 4 rings (SSSR count). The van der Waals surface area contributed by atoms with Gasteiger partial charge in [-0.25, -0.2) is 18.4 Å². The maximum absolute atomic E-state index is 11.7. The van der Waals surface area contributed by atoms with Crippen LogP contribution in [0.25, 0.3) is 0 Å². The van der Waals surface area contributed by atoms with E-state index >= 15 is 0 Å². The van der Waals surface area contributed by atoms with Crippen LogP contribution in [0.1, 0.15) is 11.4 Å². The van der Waals surface area contributed by atoms with Crippen molar-refractivity contribution < 1.29 is 17.9 Å². The van der Waals surface area contributed by atoms with Gasteiger partial charge in [0, 0.05) is 36.8 Å². The van der Waals surface area contributed by atoms with E-state index in [1.165, 1.54) is 6.20 Å². The van der Waals surface area contributed by atoms with Gasteiger partial charge in [0.2, 0.25) is 10.0 Å². The summed E-state index contributed by atoms with van der Waals surface area (Å²) >= 11 is 6.33. The first-order chi connectivity index (χ1) is 16.3. The summed E-state index contributed by atoms with van der Waals surface area (Å²) in [6, 6.07) is 13.0. The molecule has 1 aliphatic heterocycles. The standard InChI is InChI=1S/C23H26ClN5O4S/c1-32-21-14-17(29-9-11-33-12-10-29)8-7-16(21)13-22-25-15-18(24)23(27-22)26-19-5-3-4-6-20(19)28-34(2,30)31/h3-8,14-15,28H,9-13H2,1-2H3,(H,25,26,27). The Morgan fingerprint density at radius 1 is 1.15 bits per heavy atom. The van der Waals surface area contributed by atoms with Gasteiger partial charge in [-0.05, 0) is 18.2 Å². The predicted octanol–water partition coefficient (Wildman–Crippen LogP) is 3.68. The zero-order chi connectivity index (χ0) is 24.1. The van der Waals surface area contributed by atoms with E-state index in [9.17, 15) is 8.42 Å². The SMILES string of the molecule is COc1cc(N2CCOCC2)ccc1Cc1ncc(Cl)c(Nc2ccccc2NS(C)(=O)=O)n1. The first-order valence-corrected chi connectivity index (χ1v) is 12.9. The Morgan fingerprint density at radius 3 is 2.59 bits per heavy atom. The summed E-state index contributed by atoms with van der Waals surface area (Å²) in [6.07, 6.45) is 3.05. The van der Waals surface area contributed by atoms with Gasteiger partial charge in [-0.2, -0.15) is 0 Å². The van der Waals surface area contributed by atoms with Crippen LogP contribution in [0, 0.1) is 0 Å². The fourth-order valence-electron chi connectivity index (χ4n) is 3.65. The van der Waals surface area contributed by atoms with E-state index in [2.05, 4.69) is 31.0 Å². The number of nitrogens with one attached hydrogen (secondary N) is 2. The smallest absolute Gasteiger partial charge is 0.229 e. The lowest BCUT2D eigenvalue weighted by molar-refractivity contribution is 0.122. The normalized spacial score (nSPS) is 14.0. The fourth-order valence-corrected chi connectivity index (χ4v) is 4.37. The minimum absolute atomic E-state index is 0.313. The first kappa shape index (κ1) is 24.1. The molecule has 0 unspecified atom stereocenters. The van der Waals surface area contributed by atoms with Gasteiger partial charge in [0.15, 0.2) is 5.82 Å². The molecule has 0 amide bonds. The van der Waals surface area contributed by atoms with Crippen molar-refractivity contribution in [3.05, 3.63) is 65.1 Å². The van der Waals surface area contributed by atoms with Gasteiger partial charge in [0.1, 0.15) is 16.6 Å². The van der Waals surface area contributed by atoms with Crippen molar-refractivity contribution in [1.29, 1.82) is 0 Å². The molecular formula is C23H26ClN5O4S. The number of rotatable bonds is 8. The van der Waals surface area contributed by atoms with Crippen LogP contribution in [0.2, 0.25) is 5.02 Å². The average molecular weight is 504 g/mol. The molecule has 2 heterocycles. The minimum Gasteiger partial charge on any atom is -0.496 e. The van der Waals surface area contributed by atoms with E-state index < -0.39 is 10.0 Å². The first-order valence-electron chi connectivity index (χ1n) is 10.7. The van der Waals surface area contributed by atoms with E-state index in [-0.39, 0.29) is 0 Å². The monoisotopic (exact) mass is 503 g/mol. The molecule has 0 spiro atoms. The molecule has 1 saturated heterocycles. The highest BCUT2D eigenvalue weighted by molar-refractivity contribution is 7.92. The van der Waals surface area contributed by atoms with Crippen molar-refractivity contribution in [2.24, 2.45) is 0 Å². The zero-order valence-corrected chi connectivity index (χ0v) is 20.5. The van der Waals surface area contributed by atoms with E-state index in [1.807, 2.05) is 12.1 Å². The Labute approximate surface area is 204 Å². The van der Waals surface area contributed by atoms with Crippen molar-refractivity contribution in [2.75, 3.05) is 54.6 Å². The quantitative estimate of drug-likeness (QED) is 0.479. The summed E-state index contributed by atoms with van der Waals surface area (Å²) in [6.45, 7) is 3.10. The average Bonchev–Trinajstić information content (AvgIpc) is 2.82. The number of hydrogen-bond donors (Lipinski definition) is 2. The highest BCUT2D eigenvalue weighted by atomic mass is 35.5. The van der Waals surface area contributed by atoms with Crippen LogP contribution >= 0.6 is 11.6 Å². The second kappa shape index (κ2) is 10.5. The highest BCUT2D eigenvalue weighted by Crippen LogP contribution is 2.31. The molecule has 2 aromatic carbocycles. The Morgan fingerprint density at radius 2 is 1.88 bits per heavy atom. The lowest BCUT2D eigenvalue weighted by atomic mass is 10.1. The third-order valence-corrected chi connectivity index (χ3v) is 6.13. The molecule has 0 bridgehead atoms. The molecule has 0 atom stereocenters. The lowest BCUT2D eigenvalue weighted by Gasteiger charge is -2.29. The number of methoxy groups -OCH3 is 1. The second-order valence-electron chi connectivity index (χ2n) is 7.80. The molecule has 9 nitrogen and oxygen atoms in total. The van der Waals surface area contributed by atoms with Crippen LogP contribution in [0.5, 0.6) is 5.75 Å². The molecule has 11 heteroatoms. The van der Waals surface area contributed by atoms with Crippen molar-refractivity contribution in [2.45, 2.75) is 6.42 Å². The number of ether oxygens (including phenoxy) is 2. The number of halogens is 1. The van der Waals surface area contributed by atoms with Gasteiger partial charge in [-0.1, -0.05) is 29.8 Å². The van der Waals surface area contributed by atoms with Crippen LogP contribution in [-0.4, -0.2) is 58.1 Å². The number of anilines is 4. The molecule has 3 aromatic rings. The number of para-hydroxylation sites is 2. The predicted molar refractivity (Wildman–Crippen MR) is 134 cm³/mol. The molecule has 0 saturated carbocycles. The van der Waals surface area contributed by atoms with Crippen LogP contribution < -0.4 is 19.7 Å². The topological polar surface area (TPSA) is 106 Å². The number of morpholine rings is 1. The Kier molecular flexibility index (Phi) is 7.40. The van der Waals surface area contributed by atoms with Crippen molar-refractivity contribution in [1.82, 2.24) is 9.97 Å². The highest BCUT2D eigenvalue weighted by Gasteiger charge is 2.16. The minimum atomic E-state index is -3.45. The van der Waals surface area contributed by atoms with E-state index in [0.717, 1.165) is 36.3 Å². The molecule has 2 N–H and O–H groups in total. The van der Waals surface area contributed by atoms with E-state index in [4.69, 9.17) is 21.1 Å². The molecule has 0 radical (unpaired) electrons. The molecule has 0 aliphatic carbocycles. The van der Waals surface area contributed by atoms with Crippen molar-refractivity contribution in [3.8, 4) is 5.75 Å². The van der Waals surface area contributed by atoms with Crippen LogP contribution in [0.3, 0.4) is 0 Å². The fraction of sp³-hybridized carbons (Fsp3) is 0.304. The third-order valence-electron chi connectivity index (χ3n) is 5.26. The van der Waals surface area contributed by atoms with Gasteiger partial charge in [-0.3, -0.25) is 4.72 Å². The van der Waals surface area contributed by atoms with Crippen molar-refractivity contribution >= 4 is 44.5 Å². The molecule has 1 fully saturated rings. The van der Waals surface area contributed by atoms with E-state index in [1.54, 1.807) is 31.4 Å². The maximum Gasteiger partial charge on any atom is 0.229 e. The lowest BCUT2D eigenvalue weighted by Crippen LogP contribution is -2.36. The van der Waals surface area contributed by atoms with Crippen LogP contribution in [-0.2, 0) is 21.2 Å². The van der Waals surface area contributed by atoms with Gasteiger partial charge in [0.25, 0.3) is 0 Å². The van der Waals surface area contributed by atoms with Crippen LogP contribution in [0.4, 0.5) is 22.9 Å². The van der Waals surface area contributed by atoms with Gasteiger partial charge >= 0.3 is 0 Å². The Balaban J connectivity index is 1.56. The molecular weight excluding hydrogens is 478 g/mol. The summed E-state index contributed by atoms with van der Waals surface area (Å²) < 4.78 is 37.0. The maximum atomic E-state index is 11.7. The second-order valence-corrected chi connectivity index (χ2v) is 9.96. The van der Waals surface area contributed by atoms with Crippen LogP contribution in [0.15, 0.2) is 48.7 Å². The molecule has 34 heavy (non-hydrogen) atoms. The Hall–Kier alpha value is -3.08. The number of sulfonamides is 1. The van der Waals surface area contributed by atoms with Gasteiger partial charge in [-0.15, -0.1) is 0 Å². The third kappa shape index (κ3) is 6.07. The summed E-state index contributed by atoms with van der Waals surface area (Å²) in [5.41, 5.74) is 2.93. The summed E-state index contributed by atoms with van der Waals surface area (Å²) in [7, 11) is -1.81. The number of aromatic nitrogens is 2. The Bertz CT molecular complexity index is 1270. The molecule has 1 aromatic heterocycles. The summed E-state index contributed by atoms with van der Waals surface area (Å²) in [5.74, 6) is 1.66. The van der Waals surface area contributed by atoms with Gasteiger partial charge < -0.3 is 19.7 Å². The number of benzene rings is 2. The van der Waals surface area contributed by atoms with Crippen molar-refractivity contribution in [3.63, 3.8) is 0 Å². The number of nitrogens with zero attached hydrogens (tertiary/aromatic N) is 3. The number of hydrogen-bond acceptors (Lipinski definition) is 8. The summed E-state index contributed by atoms with van der Waals surface area (Å²) in [4.78, 5) is 11.2. The zero-order valence-electron chi connectivity index (χ0n) is 18.9. The summed E-state index contributed by atoms with van der Waals surface area (Å²) in [5, 5.41) is 3.42.